The van der Waals surface area contributed by atoms with Gasteiger partial charge in [0.2, 0.25) is 0 Å². The standard InChI is InChI=1S/C16H8Br2N2S2/c17-11-5-1-9(2-6-11)14-19-13-16(21-14)22-15(20-13)10-3-7-12(18)8-4-10/h1-8H. The van der Waals surface area contributed by atoms with Crippen molar-refractivity contribution in [1.29, 1.82) is 0 Å². The average Bonchev–Trinajstić information content (AvgIpc) is 3.07. The molecular weight excluding hydrogens is 444 g/mol. The van der Waals surface area contributed by atoms with E-state index in [4.69, 9.17) is 0 Å². The van der Waals surface area contributed by atoms with Crippen LogP contribution in [0, 0.1) is 0 Å². The number of fused-ring (bicyclic) bond motifs is 1. The van der Waals surface area contributed by atoms with Gasteiger partial charge in [-0.1, -0.05) is 56.1 Å². The highest BCUT2D eigenvalue weighted by Crippen LogP contribution is 2.37. The minimum Gasteiger partial charge on any atom is -0.215 e. The maximum atomic E-state index is 4.67. The molecule has 4 aromatic rings. The Morgan fingerprint density at radius 2 is 1.05 bits per heavy atom. The van der Waals surface area contributed by atoms with Crippen molar-refractivity contribution in [3.05, 3.63) is 57.5 Å². The van der Waals surface area contributed by atoms with E-state index >= 15 is 0 Å². The van der Waals surface area contributed by atoms with Crippen LogP contribution in [0.1, 0.15) is 0 Å². The first kappa shape index (κ1) is 14.5. The SMILES string of the molecule is Brc1ccc(-c2nc3nc(-c4ccc(Br)cc4)sc3s2)cc1. The molecule has 0 amide bonds. The highest BCUT2D eigenvalue weighted by molar-refractivity contribution is 9.10. The largest absolute Gasteiger partial charge is 0.215 e. The quantitative estimate of drug-likeness (QED) is 0.342. The van der Waals surface area contributed by atoms with Crippen LogP contribution in [0.2, 0.25) is 0 Å². The summed E-state index contributed by atoms with van der Waals surface area (Å²) in [6, 6.07) is 16.4. The first-order chi connectivity index (χ1) is 10.7. The van der Waals surface area contributed by atoms with Gasteiger partial charge in [0.1, 0.15) is 14.0 Å². The minimum absolute atomic E-state index is 0.839. The molecule has 22 heavy (non-hydrogen) atoms. The second-order valence-corrected chi connectivity index (χ2v) is 8.75. The summed E-state index contributed by atoms with van der Waals surface area (Å²) in [6.45, 7) is 0. The molecule has 4 rings (SSSR count). The number of rotatable bonds is 2. The van der Waals surface area contributed by atoms with Crippen molar-refractivity contribution in [3.8, 4) is 21.1 Å². The van der Waals surface area contributed by atoms with Gasteiger partial charge in [0.25, 0.3) is 0 Å². The molecule has 0 aliphatic carbocycles. The molecule has 0 unspecified atom stereocenters. The fourth-order valence-corrected chi connectivity index (χ4v) is 4.73. The Balaban J connectivity index is 1.73. The smallest absolute Gasteiger partial charge is 0.182 e. The lowest BCUT2D eigenvalue weighted by molar-refractivity contribution is 1.36. The molecule has 2 heterocycles. The van der Waals surface area contributed by atoms with E-state index in [9.17, 15) is 0 Å². The molecule has 0 N–H and O–H groups in total. The zero-order valence-electron chi connectivity index (χ0n) is 11.1. The van der Waals surface area contributed by atoms with Crippen molar-refractivity contribution in [2.24, 2.45) is 0 Å². The average molecular weight is 452 g/mol. The van der Waals surface area contributed by atoms with Gasteiger partial charge in [0.15, 0.2) is 5.65 Å². The monoisotopic (exact) mass is 450 g/mol. The topological polar surface area (TPSA) is 25.8 Å². The molecule has 2 nitrogen and oxygen atoms in total. The van der Waals surface area contributed by atoms with E-state index in [0.29, 0.717) is 0 Å². The predicted octanol–water partition coefficient (Wildman–Crippen LogP) is 6.61. The molecule has 108 valence electrons. The number of nitrogens with zero attached hydrogens (tertiary/aromatic N) is 2. The Morgan fingerprint density at radius 1 is 0.636 bits per heavy atom. The van der Waals surface area contributed by atoms with Crippen molar-refractivity contribution in [2.45, 2.75) is 0 Å². The van der Waals surface area contributed by atoms with E-state index in [1.165, 1.54) is 0 Å². The van der Waals surface area contributed by atoms with Crippen LogP contribution in [-0.2, 0) is 0 Å². The summed E-state index contributed by atoms with van der Waals surface area (Å²) in [4.78, 5) is 9.34. The molecule has 2 aromatic heterocycles. The zero-order valence-corrected chi connectivity index (χ0v) is 15.9. The van der Waals surface area contributed by atoms with E-state index in [1.807, 2.05) is 24.3 Å². The second kappa shape index (κ2) is 5.85. The van der Waals surface area contributed by atoms with Gasteiger partial charge < -0.3 is 0 Å². The van der Waals surface area contributed by atoms with Gasteiger partial charge >= 0.3 is 0 Å². The van der Waals surface area contributed by atoms with E-state index in [1.54, 1.807) is 22.7 Å². The Kier molecular flexibility index (Phi) is 3.86. The molecule has 0 aliphatic rings. The van der Waals surface area contributed by atoms with Gasteiger partial charge in [-0.25, -0.2) is 9.97 Å². The maximum absolute atomic E-state index is 4.67. The Labute approximate surface area is 152 Å². The summed E-state index contributed by atoms with van der Waals surface area (Å²) in [5.74, 6) is 0. The third-order valence-electron chi connectivity index (χ3n) is 3.16. The summed E-state index contributed by atoms with van der Waals surface area (Å²) in [6.07, 6.45) is 0. The van der Waals surface area contributed by atoms with Crippen molar-refractivity contribution in [1.82, 2.24) is 9.97 Å². The zero-order chi connectivity index (χ0) is 15.1. The molecule has 0 saturated carbocycles. The molecular formula is C16H8Br2N2S2. The summed E-state index contributed by atoms with van der Waals surface area (Å²) in [5, 5.41) is 2.03. The number of halogens is 2. The predicted molar refractivity (Wildman–Crippen MR) is 102 cm³/mol. The molecule has 0 radical (unpaired) electrons. The molecule has 2 aromatic carbocycles. The third kappa shape index (κ3) is 2.76. The van der Waals surface area contributed by atoms with Crippen molar-refractivity contribution in [3.63, 3.8) is 0 Å². The van der Waals surface area contributed by atoms with E-state index < -0.39 is 0 Å². The molecule has 0 aliphatic heterocycles. The number of hydrogen-bond donors (Lipinski definition) is 0. The van der Waals surface area contributed by atoms with Crippen LogP contribution in [0.25, 0.3) is 30.8 Å². The summed E-state index contributed by atoms with van der Waals surface area (Å²) < 4.78 is 3.31. The highest BCUT2D eigenvalue weighted by Gasteiger charge is 2.12. The molecule has 0 saturated heterocycles. The van der Waals surface area contributed by atoms with Crippen LogP contribution in [0.4, 0.5) is 0 Å². The van der Waals surface area contributed by atoms with Crippen molar-refractivity contribution < 1.29 is 0 Å². The lowest BCUT2D eigenvalue weighted by Gasteiger charge is -1.96. The number of thiazole rings is 2. The van der Waals surface area contributed by atoms with Crippen molar-refractivity contribution in [2.75, 3.05) is 0 Å². The first-order valence-electron chi connectivity index (χ1n) is 6.48. The van der Waals surface area contributed by atoms with Crippen LogP contribution in [0.5, 0.6) is 0 Å². The Morgan fingerprint density at radius 3 is 1.41 bits per heavy atom. The van der Waals surface area contributed by atoms with Gasteiger partial charge in [0, 0.05) is 20.1 Å². The van der Waals surface area contributed by atoms with E-state index in [0.717, 1.165) is 39.7 Å². The first-order valence-corrected chi connectivity index (χ1v) is 9.70. The van der Waals surface area contributed by atoms with Crippen LogP contribution in [0.15, 0.2) is 57.5 Å². The van der Waals surface area contributed by atoms with Gasteiger partial charge in [-0.2, -0.15) is 0 Å². The number of aromatic nitrogens is 2. The van der Waals surface area contributed by atoms with E-state index in [2.05, 4.69) is 66.1 Å². The fraction of sp³-hybridized carbons (Fsp3) is 0. The van der Waals surface area contributed by atoms with Gasteiger partial charge in [-0.05, 0) is 24.3 Å². The normalized spacial score (nSPS) is 11.2. The lowest BCUT2D eigenvalue weighted by Crippen LogP contribution is -1.78. The molecule has 0 fully saturated rings. The molecule has 0 atom stereocenters. The highest BCUT2D eigenvalue weighted by atomic mass is 79.9. The summed E-state index contributed by atoms with van der Waals surface area (Å²) in [5.41, 5.74) is 3.10. The third-order valence-corrected chi connectivity index (χ3v) is 6.49. The van der Waals surface area contributed by atoms with Crippen LogP contribution >= 0.6 is 54.5 Å². The van der Waals surface area contributed by atoms with Crippen LogP contribution in [-0.4, -0.2) is 9.97 Å². The Bertz CT molecular complexity index is 834. The Hall–Kier alpha value is -1.08. The minimum atomic E-state index is 0.839. The molecule has 6 heteroatoms. The number of benzene rings is 2. The molecule has 0 spiro atoms. The van der Waals surface area contributed by atoms with Crippen LogP contribution < -0.4 is 0 Å². The van der Waals surface area contributed by atoms with Crippen LogP contribution in [0.3, 0.4) is 0 Å². The second-order valence-electron chi connectivity index (χ2n) is 4.66. The maximum Gasteiger partial charge on any atom is 0.182 e. The van der Waals surface area contributed by atoms with Gasteiger partial charge in [-0.3, -0.25) is 0 Å². The van der Waals surface area contributed by atoms with Gasteiger partial charge in [-0.15, -0.1) is 22.7 Å². The summed E-state index contributed by atoms with van der Waals surface area (Å²) >= 11 is 10.3. The lowest BCUT2D eigenvalue weighted by atomic mass is 10.2. The molecule has 0 bridgehead atoms. The van der Waals surface area contributed by atoms with E-state index in [-0.39, 0.29) is 0 Å². The fourth-order valence-electron chi connectivity index (χ4n) is 2.07. The number of hydrogen-bond acceptors (Lipinski definition) is 4. The van der Waals surface area contributed by atoms with Gasteiger partial charge in [0.05, 0.1) is 0 Å². The summed E-state index contributed by atoms with van der Waals surface area (Å²) in [7, 11) is 0. The van der Waals surface area contributed by atoms with Crippen molar-refractivity contribution >= 4 is 64.2 Å².